The Morgan fingerprint density at radius 3 is 0.545 bits per heavy atom. The van der Waals surface area contributed by atoms with Crippen molar-refractivity contribution in [3.63, 3.8) is 0 Å². The van der Waals surface area contributed by atoms with Gasteiger partial charge in [0.25, 0.3) is 0 Å². The summed E-state index contributed by atoms with van der Waals surface area (Å²) in [5.74, 6) is 2.86. The van der Waals surface area contributed by atoms with Crippen LogP contribution in [-0.2, 0) is 47.2 Å². The quantitative estimate of drug-likeness (QED) is 0.0954. The Balaban J connectivity index is -0.0000000735. The molecule has 0 aliphatic rings. The Hall–Kier alpha value is 2.12. The lowest BCUT2D eigenvalue weighted by Crippen LogP contribution is -1.89. The van der Waals surface area contributed by atoms with E-state index in [2.05, 4.69) is 110 Å². The van der Waals surface area contributed by atoms with E-state index in [1.54, 1.807) is 0 Å². The first-order valence-electron chi connectivity index (χ1n) is 14.6. The van der Waals surface area contributed by atoms with Gasteiger partial charge in [-0.3, -0.25) is 0 Å². The molecule has 0 aliphatic carbocycles. The lowest BCUT2D eigenvalue weighted by molar-refractivity contribution is 0.361. The summed E-state index contributed by atoms with van der Waals surface area (Å²) in [4.78, 5) is 90.7. The molecule has 0 aromatic carbocycles. The number of hydrogen-bond acceptors (Lipinski definition) is 4. The summed E-state index contributed by atoms with van der Waals surface area (Å²) >= 11 is 14.4. The van der Waals surface area contributed by atoms with Crippen LogP contribution in [0.1, 0.15) is 139 Å². The standard InChI is InChI=1S/3C8H18.4H3O3PS/c3*1-4-6-7-8(3)5-2;4*1-4(2,3)5/h3*8H,4-7H2,1-3H3;4*(H3,1,2,3,5). The molecule has 20 heteroatoms. The van der Waals surface area contributed by atoms with Gasteiger partial charge in [-0.05, 0) is 65.0 Å². The molecule has 0 aromatic heterocycles. The third kappa shape index (κ3) is 203. The fourth-order valence-electron chi connectivity index (χ4n) is 2.27. The van der Waals surface area contributed by atoms with Gasteiger partial charge in [0.05, 0.1) is 0 Å². The van der Waals surface area contributed by atoms with Gasteiger partial charge in [-0.2, -0.15) is 0 Å². The van der Waals surface area contributed by atoms with E-state index in [4.69, 9.17) is 58.7 Å². The van der Waals surface area contributed by atoms with Crippen LogP contribution >= 0.6 is 26.9 Å². The molecule has 0 radical (unpaired) electrons. The molecule has 3 atom stereocenters. The largest absolute Gasteiger partial charge is 0.325 e. The van der Waals surface area contributed by atoms with E-state index < -0.39 is 26.9 Å². The highest BCUT2D eigenvalue weighted by Gasteiger charge is 1.97. The Labute approximate surface area is 288 Å². The molecule has 0 saturated heterocycles. The van der Waals surface area contributed by atoms with Crippen molar-refractivity contribution in [2.75, 3.05) is 0 Å². The monoisotopic (exact) mass is 798 g/mol. The van der Waals surface area contributed by atoms with Crippen molar-refractivity contribution in [2.24, 2.45) is 17.8 Å². The average Bonchev–Trinajstić information content (AvgIpc) is 2.80. The summed E-state index contributed by atoms with van der Waals surface area (Å²) in [6, 6.07) is 0. The summed E-state index contributed by atoms with van der Waals surface area (Å²) in [6.45, 7) is 5.31. The minimum absolute atomic E-state index is 0.954. The summed E-state index contributed by atoms with van der Waals surface area (Å²) in [5.41, 5.74) is 0. The zero-order valence-corrected chi connectivity index (χ0v) is 34.8. The van der Waals surface area contributed by atoms with Gasteiger partial charge >= 0.3 is 26.9 Å². The molecule has 44 heavy (non-hydrogen) atoms. The summed E-state index contributed by atoms with van der Waals surface area (Å²) in [6.07, 6.45) is 16.6. The summed E-state index contributed by atoms with van der Waals surface area (Å²) < 4.78 is 0. The van der Waals surface area contributed by atoms with Gasteiger partial charge in [-0.25, -0.2) is 0 Å². The fourth-order valence-corrected chi connectivity index (χ4v) is 2.27. The first kappa shape index (κ1) is 61.4. The molecule has 0 spiro atoms. The minimum atomic E-state index is -3.81. The smallest absolute Gasteiger partial charge is 0.319 e. The van der Waals surface area contributed by atoms with Crippen molar-refractivity contribution in [3.05, 3.63) is 0 Å². The summed E-state index contributed by atoms with van der Waals surface area (Å²) in [5, 5.41) is 0. The van der Waals surface area contributed by atoms with Gasteiger partial charge in [0.1, 0.15) is 0 Å². The van der Waals surface area contributed by atoms with Crippen LogP contribution < -0.4 is 0 Å². The highest BCUT2D eigenvalue weighted by Crippen LogP contribution is 2.27. The normalized spacial score (nSPS) is 12.9. The topological polar surface area (TPSA) is 243 Å². The molecule has 0 aromatic rings. The summed E-state index contributed by atoms with van der Waals surface area (Å²) in [7, 11) is 0. The molecule has 0 rings (SSSR count). The van der Waals surface area contributed by atoms with E-state index in [0.29, 0.717) is 0 Å². The molecule has 278 valence electrons. The number of hydrogen-bond donors (Lipinski definition) is 12. The first-order valence-corrected chi connectivity index (χ1v) is 25.2. The van der Waals surface area contributed by atoms with E-state index in [1.807, 2.05) is 0 Å². The molecule has 3 unspecified atom stereocenters. The highest BCUT2D eigenvalue weighted by atomic mass is 32.5. The van der Waals surface area contributed by atoms with Gasteiger partial charge in [-0.1, -0.05) is 139 Å². The van der Waals surface area contributed by atoms with Crippen LogP contribution in [0.25, 0.3) is 0 Å². The van der Waals surface area contributed by atoms with Crippen molar-refractivity contribution >= 4 is 74.1 Å². The number of unbranched alkanes of at least 4 members (excludes halogenated alkanes) is 3. The number of rotatable bonds is 12. The molecule has 12 N–H and O–H groups in total. The molecule has 0 amide bonds. The van der Waals surface area contributed by atoms with Crippen molar-refractivity contribution in [2.45, 2.75) is 139 Å². The van der Waals surface area contributed by atoms with E-state index in [-0.39, 0.29) is 0 Å². The van der Waals surface area contributed by atoms with Gasteiger partial charge in [0.15, 0.2) is 0 Å². The van der Waals surface area contributed by atoms with E-state index in [9.17, 15) is 0 Å². The third-order valence-electron chi connectivity index (χ3n) is 5.24. The maximum atomic E-state index is 7.56. The van der Waals surface area contributed by atoms with Crippen molar-refractivity contribution in [3.8, 4) is 0 Å². The SMILES string of the molecule is CCCCC(C)CC.CCCCC(C)CC.CCCCC(C)CC.OP(O)(O)=S.OP(O)(O)=S.OP(O)(O)=S.OP(O)(O)=S. The van der Waals surface area contributed by atoms with E-state index >= 15 is 0 Å². The zero-order chi connectivity index (χ0) is 37.2. The molecule has 0 heterocycles. The van der Waals surface area contributed by atoms with Crippen molar-refractivity contribution in [1.82, 2.24) is 0 Å². The van der Waals surface area contributed by atoms with E-state index in [0.717, 1.165) is 17.8 Å². The van der Waals surface area contributed by atoms with Crippen LogP contribution in [0.4, 0.5) is 0 Å². The van der Waals surface area contributed by atoms with Crippen molar-refractivity contribution < 1.29 is 58.7 Å². The lowest BCUT2D eigenvalue weighted by Gasteiger charge is -2.04. The predicted molar refractivity (Wildman–Crippen MR) is 201 cm³/mol. The van der Waals surface area contributed by atoms with Crippen LogP contribution in [-0.4, -0.2) is 58.7 Å². The van der Waals surface area contributed by atoms with Crippen LogP contribution in [0.15, 0.2) is 0 Å². The third-order valence-corrected chi connectivity index (χ3v) is 5.24. The molecular weight excluding hydrogens is 732 g/mol. The first-order chi connectivity index (χ1) is 19.4. The Bertz CT molecular complexity index is 600. The van der Waals surface area contributed by atoms with Crippen LogP contribution in [0.2, 0.25) is 0 Å². The molecule has 0 aliphatic heterocycles. The van der Waals surface area contributed by atoms with Crippen LogP contribution in [0.5, 0.6) is 0 Å². The maximum Gasteiger partial charge on any atom is 0.319 e. The maximum absolute atomic E-state index is 7.56. The molecule has 0 bridgehead atoms. The van der Waals surface area contributed by atoms with Gasteiger partial charge in [-0.15, -0.1) is 0 Å². The molecule has 12 nitrogen and oxygen atoms in total. The van der Waals surface area contributed by atoms with E-state index in [1.165, 1.54) is 77.0 Å². The van der Waals surface area contributed by atoms with Gasteiger partial charge < -0.3 is 58.7 Å². The average molecular weight is 799 g/mol. The fraction of sp³-hybridized carbons (Fsp3) is 1.00. The zero-order valence-electron chi connectivity index (χ0n) is 28.0. The second-order valence-corrected chi connectivity index (χ2v) is 20.0. The molecular formula is C24H66O12P4S4. The minimum Gasteiger partial charge on any atom is -0.325 e. The lowest BCUT2D eigenvalue weighted by atomic mass is 10.0. The Morgan fingerprint density at radius 2 is 0.477 bits per heavy atom. The van der Waals surface area contributed by atoms with Gasteiger partial charge in [0, 0.05) is 0 Å². The van der Waals surface area contributed by atoms with Gasteiger partial charge in [0.2, 0.25) is 0 Å². The van der Waals surface area contributed by atoms with Crippen LogP contribution in [0.3, 0.4) is 0 Å². The second-order valence-electron chi connectivity index (χ2n) is 10.0. The molecule has 0 saturated carbocycles. The second kappa shape index (κ2) is 39.6. The predicted octanol–water partition coefficient (Wildman–Crippen LogP) is 6.42. The Morgan fingerprint density at radius 1 is 0.364 bits per heavy atom. The highest BCUT2D eigenvalue weighted by molar-refractivity contribution is 8.07. The Kier molecular flexibility index (Phi) is 55.2. The van der Waals surface area contributed by atoms with Crippen LogP contribution in [0, 0.1) is 17.8 Å². The van der Waals surface area contributed by atoms with Crippen molar-refractivity contribution in [1.29, 1.82) is 0 Å². The molecule has 0 fully saturated rings.